The van der Waals surface area contributed by atoms with Crippen molar-refractivity contribution in [3.05, 3.63) is 53.1 Å². The summed E-state index contributed by atoms with van der Waals surface area (Å²) in [5.41, 5.74) is 1.08. The Labute approximate surface area is 168 Å². The van der Waals surface area contributed by atoms with Gasteiger partial charge in [-0.25, -0.2) is 0 Å². The topological polar surface area (TPSA) is 90.3 Å². The van der Waals surface area contributed by atoms with Gasteiger partial charge in [-0.2, -0.15) is 0 Å². The minimum absolute atomic E-state index is 0.0241. The minimum Gasteiger partial charge on any atom is -0.483 e. The second kappa shape index (κ2) is 9.10. The third-order valence-corrected chi connectivity index (χ3v) is 4.89. The standard InChI is InChI=1S/C19H20BClN2O5/c21-14-3-1-4-15(11-14)22-7-9-23(10-8-22)19(25)13-28-18-6-2-5-17(20(26)27)16(18)12-24/h1-6,11-12,26-27H,7-10,13H2. The van der Waals surface area contributed by atoms with E-state index in [1.165, 1.54) is 18.2 Å². The van der Waals surface area contributed by atoms with E-state index in [9.17, 15) is 19.6 Å². The summed E-state index contributed by atoms with van der Waals surface area (Å²) >= 11 is 6.03. The van der Waals surface area contributed by atoms with Crippen molar-refractivity contribution >= 4 is 42.1 Å². The Morgan fingerprint density at radius 3 is 2.50 bits per heavy atom. The molecule has 0 spiro atoms. The van der Waals surface area contributed by atoms with Gasteiger partial charge >= 0.3 is 7.12 Å². The van der Waals surface area contributed by atoms with Crippen molar-refractivity contribution in [3.8, 4) is 5.75 Å². The molecule has 3 rings (SSSR count). The summed E-state index contributed by atoms with van der Waals surface area (Å²) in [6, 6.07) is 12.1. The number of nitrogens with zero attached hydrogens (tertiary/aromatic N) is 2. The normalized spacial score (nSPS) is 14.0. The molecule has 2 aromatic rings. The SMILES string of the molecule is O=Cc1c(OCC(=O)N2CCN(c3cccc(Cl)c3)CC2)cccc1B(O)O. The lowest BCUT2D eigenvalue weighted by Gasteiger charge is -2.36. The zero-order valence-electron chi connectivity index (χ0n) is 15.1. The molecule has 1 saturated heterocycles. The van der Waals surface area contributed by atoms with E-state index >= 15 is 0 Å². The molecule has 9 heteroatoms. The number of aldehydes is 1. The van der Waals surface area contributed by atoms with Crippen molar-refractivity contribution in [1.29, 1.82) is 0 Å². The molecular weight excluding hydrogens is 382 g/mol. The molecule has 2 N–H and O–H groups in total. The Balaban J connectivity index is 1.57. The number of hydrogen-bond acceptors (Lipinski definition) is 6. The zero-order chi connectivity index (χ0) is 20.1. The van der Waals surface area contributed by atoms with Gasteiger partial charge in [-0.3, -0.25) is 9.59 Å². The van der Waals surface area contributed by atoms with Gasteiger partial charge in [0, 0.05) is 36.9 Å². The van der Waals surface area contributed by atoms with Crippen LogP contribution in [0.5, 0.6) is 5.75 Å². The number of amides is 1. The Hall–Kier alpha value is -2.55. The number of ether oxygens (including phenoxy) is 1. The summed E-state index contributed by atoms with van der Waals surface area (Å²) in [6.45, 7) is 2.22. The van der Waals surface area contributed by atoms with Crippen molar-refractivity contribution in [3.63, 3.8) is 0 Å². The van der Waals surface area contributed by atoms with Crippen LogP contribution < -0.4 is 15.1 Å². The smallest absolute Gasteiger partial charge is 0.483 e. The number of halogens is 1. The van der Waals surface area contributed by atoms with E-state index in [2.05, 4.69) is 4.90 Å². The number of benzene rings is 2. The van der Waals surface area contributed by atoms with Crippen molar-refractivity contribution in [2.45, 2.75) is 0 Å². The number of carbonyl (C=O) groups excluding carboxylic acids is 2. The first-order chi connectivity index (χ1) is 13.5. The van der Waals surface area contributed by atoms with E-state index in [4.69, 9.17) is 16.3 Å². The first-order valence-corrected chi connectivity index (χ1v) is 9.22. The summed E-state index contributed by atoms with van der Waals surface area (Å²) in [4.78, 5) is 27.6. The second-order valence-corrected chi connectivity index (χ2v) is 6.82. The van der Waals surface area contributed by atoms with Crippen LogP contribution in [0.25, 0.3) is 0 Å². The van der Waals surface area contributed by atoms with Crippen LogP contribution >= 0.6 is 11.6 Å². The molecule has 1 amide bonds. The fourth-order valence-corrected chi connectivity index (χ4v) is 3.34. The van der Waals surface area contributed by atoms with Crippen LogP contribution in [0.1, 0.15) is 10.4 Å². The highest BCUT2D eigenvalue weighted by Crippen LogP contribution is 2.21. The molecule has 28 heavy (non-hydrogen) atoms. The quantitative estimate of drug-likeness (QED) is 0.542. The van der Waals surface area contributed by atoms with Gasteiger partial charge in [0.15, 0.2) is 12.9 Å². The maximum absolute atomic E-state index is 12.5. The van der Waals surface area contributed by atoms with E-state index in [-0.39, 0.29) is 29.3 Å². The average Bonchev–Trinajstić information content (AvgIpc) is 2.71. The first-order valence-electron chi connectivity index (χ1n) is 8.85. The van der Waals surface area contributed by atoms with Crippen LogP contribution in [0, 0.1) is 0 Å². The lowest BCUT2D eigenvalue weighted by atomic mass is 9.77. The van der Waals surface area contributed by atoms with Crippen molar-refractivity contribution in [1.82, 2.24) is 4.90 Å². The maximum Gasteiger partial charge on any atom is 0.489 e. The van der Waals surface area contributed by atoms with Gasteiger partial charge in [-0.05, 0) is 29.7 Å². The highest BCUT2D eigenvalue weighted by atomic mass is 35.5. The molecule has 1 aliphatic heterocycles. The molecule has 146 valence electrons. The van der Waals surface area contributed by atoms with Crippen LogP contribution in [0.15, 0.2) is 42.5 Å². The predicted octanol–water partition coefficient (Wildman–Crippen LogP) is 0.560. The van der Waals surface area contributed by atoms with E-state index < -0.39 is 7.12 Å². The van der Waals surface area contributed by atoms with E-state index in [0.29, 0.717) is 37.5 Å². The Morgan fingerprint density at radius 2 is 1.86 bits per heavy atom. The van der Waals surface area contributed by atoms with Gasteiger partial charge < -0.3 is 24.6 Å². The van der Waals surface area contributed by atoms with Gasteiger partial charge in [0.25, 0.3) is 5.91 Å². The fourth-order valence-electron chi connectivity index (χ4n) is 3.16. The Kier molecular flexibility index (Phi) is 6.56. The van der Waals surface area contributed by atoms with Gasteiger partial charge in [0.1, 0.15) is 5.75 Å². The molecule has 0 radical (unpaired) electrons. The number of carbonyl (C=O) groups is 2. The van der Waals surface area contributed by atoms with E-state index in [1.54, 1.807) is 4.90 Å². The second-order valence-electron chi connectivity index (χ2n) is 6.39. The molecule has 1 fully saturated rings. The van der Waals surface area contributed by atoms with Crippen LogP contribution in [0.4, 0.5) is 5.69 Å². The highest BCUT2D eigenvalue weighted by Gasteiger charge is 2.23. The van der Waals surface area contributed by atoms with Gasteiger partial charge in [0.05, 0.1) is 5.56 Å². The molecular formula is C19H20BClN2O5. The number of piperazine rings is 1. The van der Waals surface area contributed by atoms with Crippen molar-refractivity contribution < 1.29 is 24.4 Å². The molecule has 0 aliphatic carbocycles. The summed E-state index contributed by atoms with van der Waals surface area (Å²) in [6.07, 6.45) is 0.484. The molecule has 0 bridgehead atoms. The van der Waals surface area contributed by atoms with Crippen LogP contribution in [0.2, 0.25) is 5.02 Å². The molecule has 0 saturated carbocycles. The zero-order valence-corrected chi connectivity index (χ0v) is 15.9. The van der Waals surface area contributed by atoms with Crippen LogP contribution in [-0.4, -0.2) is 67.0 Å². The number of rotatable bonds is 6. The summed E-state index contributed by atoms with van der Waals surface area (Å²) in [5, 5.41) is 19.3. The van der Waals surface area contributed by atoms with Gasteiger partial charge in [0.2, 0.25) is 0 Å². The summed E-state index contributed by atoms with van der Waals surface area (Å²) in [5.74, 6) is -0.0518. The average molecular weight is 403 g/mol. The van der Waals surface area contributed by atoms with E-state index in [1.807, 2.05) is 24.3 Å². The third kappa shape index (κ3) is 4.65. The molecule has 0 atom stereocenters. The lowest BCUT2D eigenvalue weighted by molar-refractivity contribution is -0.133. The summed E-state index contributed by atoms with van der Waals surface area (Å²) in [7, 11) is -1.79. The first kappa shape index (κ1) is 20.2. The molecule has 1 heterocycles. The monoisotopic (exact) mass is 402 g/mol. The predicted molar refractivity (Wildman–Crippen MR) is 107 cm³/mol. The van der Waals surface area contributed by atoms with Crippen molar-refractivity contribution in [2.75, 3.05) is 37.7 Å². The highest BCUT2D eigenvalue weighted by molar-refractivity contribution is 6.60. The minimum atomic E-state index is -1.79. The maximum atomic E-state index is 12.5. The molecule has 7 nitrogen and oxygen atoms in total. The largest absolute Gasteiger partial charge is 0.489 e. The Bertz CT molecular complexity index is 856. The fraction of sp³-hybridized carbons (Fsp3) is 0.263. The lowest BCUT2D eigenvalue weighted by Crippen LogP contribution is -2.50. The van der Waals surface area contributed by atoms with E-state index in [0.717, 1.165) is 5.69 Å². The molecule has 1 aliphatic rings. The van der Waals surface area contributed by atoms with Crippen molar-refractivity contribution in [2.24, 2.45) is 0 Å². The van der Waals surface area contributed by atoms with Gasteiger partial charge in [-0.15, -0.1) is 0 Å². The summed E-state index contributed by atoms with van der Waals surface area (Å²) < 4.78 is 5.49. The molecule has 2 aromatic carbocycles. The molecule has 0 unspecified atom stereocenters. The van der Waals surface area contributed by atoms with Crippen LogP contribution in [0.3, 0.4) is 0 Å². The van der Waals surface area contributed by atoms with Crippen LogP contribution in [-0.2, 0) is 4.79 Å². The number of hydrogen-bond donors (Lipinski definition) is 2. The third-order valence-electron chi connectivity index (χ3n) is 4.65. The molecule has 0 aromatic heterocycles. The Morgan fingerprint density at radius 1 is 1.14 bits per heavy atom. The number of anilines is 1. The van der Waals surface area contributed by atoms with Gasteiger partial charge in [-0.1, -0.05) is 29.8 Å².